The Morgan fingerprint density at radius 2 is 1.07 bits per heavy atom. The Hall–Kier alpha value is -8.67. The number of pyridine rings is 1. The molecular weight excluding hydrogens is 853 g/mol. The molecule has 0 N–H and O–H groups in total. The van der Waals surface area contributed by atoms with E-state index in [2.05, 4.69) is 199 Å². The second-order valence-electron chi connectivity index (χ2n) is 19.0. The van der Waals surface area contributed by atoms with E-state index in [9.17, 15) is 0 Å². The number of hydrogen-bond acceptors (Lipinski definition) is 4. The lowest BCUT2D eigenvalue weighted by molar-refractivity contribution is 0.483. The van der Waals surface area contributed by atoms with Crippen LogP contribution in [0.3, 0.4) is 0 Å². The van der Waals surface area contributed by atoms with Crippen molar-refractivity contribution in [2.45, 2.75) is 33.0 Å². The van der Waals surface area contributed by atoms with E-state index in [4.69, 9.17) is 13.8 Å². The standard InChI is InChI=1S/C65H52N4O/c1-44-38-63(66-42-58(44)48-22-12-7-13-23-48)69-59-37-32-49(45-30-33-50(34-31-45)65(2,3)4)39-57(59)56-36-35-53(41-62(56)69)70-52-25-16-24-51(40-52)67-43-68(61-29-15-14-28-60(61)67)64-54(46-18-8-5-9-19-46)26-17-27-55(64)47-20-10-6-11-21-47/h5-42H,43H2,1-4H3/i1D3. The fourth-order valence-electron chi connectivity index (χ4n) is 10.1. The van der Waals surface area contributed by atoms with E-state index in [0.717, 1.165) is 83.5 Å². The molecule has 338 valence electrons. The smallest absolute Gasteiger partial charge is 0.137 e. The van der Waals surface area contributed by atoms with Gasteiger partial charge in [0.2, 0.25) is 0 Å². The molecule has 0 saturated heterocycles. The molecular formula is C65H52N4O. The average molecular weight is 908 g/mol. The van der Waals surface area contributed by atoms with Crippen LogP contribution in [0, 0.1) is 6.85 Å². The first kappa shape index (κ1) is 39.3. The summed E-state index contributed by atoms with van der Waals surface area (Å²) in [5, 5.41) is 2.01. The molecule has 12 rings (SSSR count). The lowest BCUT2D eigenvalue weighted by Crippen LogP contribution is -2.24. The number of nitrogens with zero attached hydrogens (tertiary/aromatic N) is 4. The van der Waals surface area contributed by atoms with Crippen LogP contribution in [0.25, 0.3) is 72.1 Å². The number of ether oxygens (including phenoxy) is 1. The summed E-state index contributed by atoms with van der Waals surface area (Å²) in [6.45, 7) is 4.87. The normalized spacial score (nSPS) is 13.3. The Morgan fingerprint density at radius 3 is 1.73 bits per heavy atom. The molecule has 1 aliphatic heterocycles. The minimum Gasteiger partial charge on any atom is -0.457 e. The van der Waals surface area contributed by atoms with Gasteiger partial charge in [-0.1, -0.05) is 178 Å². The highest BCUT2D eigenvalue weighted by Gasteiger charge is 2.31. The molecule has 3 heterocycles. The quantitative estimate of drug-likeness (QED) is 0.144. The van der Waals surface area contributed by atoms with Gasteiger partial charge in [0, 0.05) is 55.6 Å². The molecule has 0 radical (unpaired) electrons. The fourth-order valence-corrected chi connectivity index (χ4v) is 10.1. The summed E-state index contributed by atoms with van der Waals surface area (Å²) in [5.74, 6) is 1.83. The second kappa shape index (κ2) is 17.4. The zero-order valence-electron chi connectivity index (χ0n) is 42.3. The number of fused-ring (bicyclic) bond motifs is 4. The minimum absolute atomic E-state index is 0.0389. The number of aromatic nitrogens is 2. The van der Waals surface area contributed by atoms with Gasteiger partial charge in [-0.3, -0.25) is 4.57 Å². The van der Waals surface area contributed by atoms with Crippen molar-refractivity contribution in [3.8, 4) is 61.8 Å². The molecule has 0 bridgehead atoms. The summed E-state index contributed by atoms with van der Waals surface area (Å²) < 4.78 is 35.0. The Morgan fingerprint density at radius 1 is 0.471 bits per heavy atom. The summed E-state index contributed by atoms with van der Waals surface area (Å²) >= 11 is 0. The lowest BCUT2D eigenvalue weighted by atomic mass is 9.86. The summed E-state index contributed by atoms with van der Waals surface area (Å²) in [6.07, 6.45) is 1.70. The Balaban J connectivity index is 0.945. The van der Waals surface area contributed by atoms with Crippen LogP contribution in [-0.4, -0.2) is 16.2 Å². The van der Waals surface area contributed by atoms with Gasteiger partial charge in [-0.05, 0) is 106 Å². The first-order valence-corrected chi connectivity index (χ1v) is 23.9. The summed E-state index contributed by atoms with van der Waals surface area (Å²) in [5.41, 5.74) is 15.9. The van der Waals surface area contributed by atoms with Gasteiger partial charge in [0.15, 0.2) is 0 Å². The maximum atomic E-state index is 8.68. The number of benzene rings is 9. The van der Waals surface area contributed by atoms with E-state index in [1.165, 1.54) is 5.56 Å². The summed E-state index contributed by atoms with van der Waals surface area (Å²) in [6, 6.07) is 77.5. The van der Waals surface area contributed by atoms with Crippen LogP contribution >= 0.6 is 0 Å². The largest absolute Gasteiger partial charge is 0.457 e. The summed E-state index contributed by atoms with van der Waals surface area (Å²) in [7, 11) is 0. The van der Waals surface area contributed by atoms with Crippen molar-refractivity contribution in [1.82, 2.24) is 9.55 Å². The maximum absolute atomic E-state index is 8.68. The SMILES string of the molecule is [2H]C([2H])([2H])c1cc(-n2c3ccc(-c4ccc(C(C)(C)C)cc4)cc3c3ccc(Oc4cccc(N5CN(c6c(-c7ccccc7)cccc6-c6ccccc6)c6ccccc65)c4)cc32)ncc1-c1ccccc1. The van der Waals surface area contributed by atoms with Gasteiger partial charge in [-0.25, -0.2) is 4.98 Å². The van der Waals surface area contributed by atoms with Crippen LogP contribution in [0.5, 0.6) is 11.5 Å². The zero-order chi connectivity index (χ0) is 49.8. The summed E-state index contributed by atoms with van der Waals surface area (Å²) in [4.78, 5) is 9.79. The number of aryl methyl sites for hydroxylation is 1. The molecule has 0 amide bonds. The highest BCUT2D eigenvalue weighted by atomic mass is 16.5. The molecule has 2 aromatic heterocycles. The van der Waals surface area contributed by atoms with Crippen molar-refractivity contribution in [2.75, 3.05) is 16.5 Å². The van der Waals surface area contributed by atoms with E-state index in [1.807, 2.05) is 54.6 Å². The molecule has 11 aromatic rings. The maximum Gasteiger partial charge on any atom is 0.137 e. The molecule has 1 aliphatic rings. The average Bonchev–Trinajstić information content (AvgIpc) is 3.97. The number of para-hydroxylation sites is 3. The molecule has 5 nitrogen and oxygen atoms in total. The second-order valence-corrected chi connectivity index (χ2v) is 19.0. The zero-order valence-corrected chi connectivity index (χ0v) is 39.3. The van der Waals surface area contributed by atoms with Crippen molar-refractivity contribution in [3.05, 3.63) is 242 Å². The third kappa shape index (κ3) is 7.76. The van der Waals surface area contributed by atoms with Crippen LogP contribution in [0.4, 0.5) is 22.7 Å². The monoisotopic (exact) mass is 907 g/mol. The Kier molecular flexibility index (Phi) is 9.80. The van der Waals surface area contributed by atoms with Gasteiger partial charge in [0.1, 0.15) is 24.0 Å². The van der Waals surface area contributed by atoms with Gasteiger partial charge in [-0.15, -0.1) is 0 Å². The van der Waals surface area contributed by atoms with Crippen LogP contribution in [-0.2, 0) is 5.41 Å². The topological polar surface area (TPSA) is 33.5 Å². The minimum atomic E-state index is -2.39. The number of anilines is 4. The number of hydrogen-bond donors (Lipinski definition) is 0. The molecule has 0 spiro atoms. The van der Waals surface area contributed by atoms with Crippen molar-refractivity contribution in [2.24, 2.45) is 0 Å². The molecule has 0 aliphatic carbocycles. The van der Waals surface area contributed by atoms with Crippen LogP contribution in [0.15, 0.2) is 231 Å². The van der Waals surface area contributed by atoms with Gasteiger partial charge < -0.3 is 14.5 Å². The third-order valence-electron chi connectivity index (χ3n) is 13.6. The molecule has 9 aromatic carbocycles. The molecule has 0 unspecified atom stereocenters. The molecule has 0 fully saturated rings. The van der Waals surface area contributed by atoms with Crippen molar-refractivity contribution in [3.63, 3.8) is 0 Å². The van der Waals surface area contributed by atoms with Crippen molar-refractivity contribution < 1.29 is 8.85 Å². The molecule has 5 heteroatoms. The highest BCUT2D eigenvalue weighted by Crippen LogP contribution is 2.50. The van der Waals surface area contributed by atoms with E-state index in [-0.39, 0.29) is 11.0 Å². The number of rotatable bonds is 9. The van der Waals surface area contributed by atoms with Gasteiger partial charge in [-0.2, -0.15) is 0 Å². The van der Waals surface area contributed by atoms with E-state index in [0.29, 0.717) is 29.5 Å². The lowest BCUT2D eigenvalue weighted by Gasteiger charge is -2.27. The first-order chi connectivity index (χ1) is 35.5. The van der Waals surface area contributed by atoms with Gasteiger partial charge in [0.25, 0.3) is 0 Å². The highest BCUT2D eigenvalue weighted by molar-refractivity contribution is 6.11. The first-order valence-electron chi connectivity index (χ1n) is 25.4. The van der Waals surface area contributed by atoms with Crippen LogP contribution in [0.1, 0.15) is 36.0 Å². The Labute approximate surface area is 414 Å². The molecule has 0 saturated carbocycles. The molecule has 0 atom stereocenters. The predicted molar refractivity (Wildman–Crippen MR) is 292 cm³/mol. The molecule has 70 heavy (non-hydrogen) atoms. The van der Waals surface area contributed by atoms with Crippen LogP contribution in [0.2, 0.25) is 0 Å². The third-order valence-corrected chi connectivity index (χ3v) is 13.6. The predicted octanol–water partition coefficient (Wildman–Crippen LogP) is 17.5. The van der Waals surface area contributed by atoms with E-state index >= 15 is 0 Å². The van der Waals surface area contributed by atoms with Gasteiger partial charge in [0.05, 0.1) is 28.1 Å². The fraction of sp³-hybridized carbons (Fsp3) is 0.0923. The van der Waals surface area contributed by atoms with E-state index < -0.39 is 6.85 Å². The van der Waals surface area contributed by atoms with E-state index in [1.54, 1.807) is 12.3 Å². The van der Waals surface area contributed by atoms with Crippen LogP contribution < -0.4 is 14.5 Å². The Bertz CT molecular complexity index is 3770. The van der Waals surface area contributed by atoms with Gasteiger partial charge >= 0.3 is 0 Å². The van der Waals surface area contributed by atoms with Crippen molar-refractivity contribution >= 4 is 44.6 Å². The van der Waals surface area contributed by atoms with Crippen molar-refractivity contribution in [1.29, 1.82) is 0 Å².